The highest BCUT2D eigenvalue weighted by atomic mass is 35.5. The summed E-state index contributed by atoms with van der Waals surface area (Å²) in [7, 11) is 0. The Kier molecular flexibility index (Phi) is 7.03. The minimum Gasteiger partial charge on any atom is -0.456 e. The molecule has 142 valence electrons. The molecular formula is C17H15ClN2O6S. The standard InChI is InChI=1S/C17H15ClN2O6S/c1-2-11-4-6-15(27-11)14(21)9-26-16(22)8-19-17(23)10-3-5-12(18)13(7-10)20(24)25/h3-7H,2,8-9H2,1H3,(H,19,23). The summed E-state index contributed by atoms with van der Waals surface area (Å²) in [5.74, 6) is -1.83. The van der Waals surface area contributed by atoms with Crippen molar-refractivity contribution in [1.29, 1.82) is 0 Å². The Hall–Kier alpha value is -2.78. The van der Waals surface area contributed by atoms with Crippen molar-refractivity contribution in [3.63, 3.8) is 0 Å². The number of nitrogens with zero attached hydrogens (tertiary/aromatic N) is 1. The Morgan fingerprint density at radius 2 is 2.00 bits per heavy atom. The van der Waals surface area contributed by atoms with Gasteiger partial charge in [0.25, 0.3) is 11.6 Å². The Morgan fingerprint density at radius 3 is 2.63 bits per heavy atom. The van der Waals surface area contributed by atoms with Gasteiger partial charge in [-0.05, 0) is 30.7 Å². The van der Waals surface area contributed by atoms with Gasteiger partial charge >= 0.3 is 5.97 Å². The molecule has 0 atom stereocenters. The largest absolute Gasteiger partial charge is 0.456 e. The lowest BCUT2D eigenvalue weighted by molar-refractivity contribution is -0.384. The maximum absolute atomic E-state index is 12.0. The summed E-state index contributed by atoms with van der Waals surface area (Å²) in [6.07, 6.45) is 0.812. The molecule has 1 N–H and O–H groups in total. The average Bonchev–Trinajstić information content (AvgIpc) is 3.13. The van der Waals surface area contributed by atoms with Crippen LogP contribution in [0.15, 0.2) is 30.3 Å². The van der Waals surface area contributed by atoms with Gasteiger partial charge in [0.05, 0.1) is 9.80 Å². The van der Waals surface area contributed by atoms with Crippen LogP contribution in [0.2, 0.25) is 5.02 Å². The Bertz CT molecular complexity index is 895. The Morgan fingerprint density at radius 1 is 1.26 bits per heavy atom. The molecule has 1 heterocycles. The van der Waals surface area contributed by atoms with E-state index >= 15 is 0 Å². The van der Waals surface area contributed by atoms with Gasteiger partial charge in [0.1, 0.15) is 11.6 Å². The number of carbonyl (C=O) groups is 3. The van der Waals surface area contributed by atoms with Gasteiger partial charge in [-0.1, -0.05) is 18.5 Å². The number of benzene rings is 1. The van der Waals surface area contributed by atoms with Gasteiger partial charge < -0.3 is 10.1 Å². The molecule has 0 aliphatic rings. The number of hydrogen-bond acceptors (Lipinski definition) is 7. The van der Waals surface area contributed by atoms with E-state index in [4.69, 9.17) is 16.3 Å². The van der Waals surface area contributed by atoms with Gasteiger partial charge in [-0.25, -0.2) is 0 Å². The third-order valence-electron chi connectivity index (χ3n) is 3.45. The van der Waals surface area contributed by atoms with E-state index in [9.17, 15) is 24.5 Å². The lowest BCUT2D eigenvalue weighted by atomic mass is 10.2. The van der Waals surface area contributed by atoms with Gasteiger partial charge in [0, 0.05) is 16.5 Å². The smallest absolute Gasteiger partial charge is 0.325 e. The number of halogens is 1. The summed E-state index contributed by atoms with van der Waals surface area (Å²) in [5.41, 5.74) is -0.444. The number of aryl methyl sites for hydroxylation is 1. The molecule has 10 heteroatoms. The zero-order valence-electron chi connectivity index (χ0n) is 14.2. The molecule has 1 amide bonds. The molecule has 0 saturated heterocycles. The summed E-state index contributed by atoms with van der Waals surface area (Å²) >= 11 is 7.01. The monoisotopic (exact) mass is 410 g/mol. The number of nitrogens with one attached hydrogen (secondary N) is 1. The van der Waals surface area contributed by atoms with Crippen molar-refractivity contribution < 1.29 is 24.0 Å². The van der Waals surface area contributed by atoms with Crippen LogP contribution >= 0.6 is 22.9 Å². The molecule has 0 spiro atoms. The molecule has 0 fully saturated rings. The number of esters is 1. The molecule has 2 aromatic rings. The third-order valence-corrected chi connectivity index (χ3v) is 5.04. The number of Topliss-reactive ketones (excluding diaryl/α,β-unsaturated/α-hetero) is 1. The van der Waals surface area contributed by atoms with Gasteiger partial charge in [-0.2, -0.15) is 0 Å². The van der Waals surface area contributed by atoms with Crippen LogP contribution in [0.1, 0.15) is 31.8 Å². The van der Waals surface area contributed by atoms with Crippen LogP contribution in [0.4, 0.5) is 5.69 Å². The third kappa shape index (κ3) is 5.60. The minimum absolute atomic E-state index is 0.0272. The van der Waals surface area contributed by atoms with E-state index in [1.165, 1.54) is 23.5 Å². The molecule has 0 unspecified atom stereocenters. The number of nitro benzene ring substituents is 1. The molecule has 0 radical (unpaired) electrons. The van der Waals surface area contributed by atoms with E-state index in [0.717, 1.165) is 17.4 Å². The summed E-state index contributed by atoms with van der Waals surface area (Å²) in [6.45, 7) is 1.07. The second-order valence-corrected chi connectivity index (χ2v) is 6.88. The SMILES string of the molecule is CCc1ccc(C(=O)COC(=O)CNC(=O)c2ccc(Cl)c([N+](=O)[O-])c2)s1. The van der Waals surface area contributed by atoms with E-state index in [2.05, 4.69) is 5.32 Å². The van der Waals surface area contributed by atoms with Crippen molar-refractivity contribution >= 4 is 46.3 Å². The molecule has 2 rings (SSSR count). The molecule has 0 aliphatic heterocycles. The van der Waals surface area contributed by atoms with E-state index in [-0.39, 0.29) is 16.4 Å². The summed E-state index contributed by atoms with van der Waals surface area (Å²) in [4.78, 5) is 47.3. The van der Waals surface area contributed by atoms with E-state index in [0.29, 0.717) is 4.88 Å². The van der Waals surface area contributed by atoms with E-state index in [1.807, 2.05) is 13.0 Å². The molecule has 0 bridgehead atoms. The first-order valence-corrected chi connectivity index (χ1v) is 9.01. The van der Waals surface area contributed by atoms with Gasteiger partial charge in [0.15, 0.2) is 6.61 Å². The van der Waals surface area contributed by atoms with Crippen molar-refractivity contribution in [2.75, 3.05) is 13.2 Å². The fourth-order valence-corrected chi connectivity index (χ4v) is 3.09. The summed E-state index contributed by atoms with van der Waals surface area (Å²) < 4.78 is 4.84. The zero-order valence-corrected chi connectivity index (χ0v) is 15.8. The van der Waals surface area contributed by atoms with Gasteiger partial charge in [0.2, 0.25) is 5.78 Å². The molecule has 0 aliphatic carbocycles. The topological polar surface area (TPSA) is 116 Å². The number of ketones is 1. The molecule has 27 heavy (non-hydrogen) atoms. The van der Waals surface area contributed by atoms with Crippen LogP contribution in [0.25, 0.3) is 0 Å². The van der Waals surface area contributed by atoms with Crippen LogP contribution < -0.4 is 5.32 Å². The predicted octanol–water partition coefficient (Wildman–Crippen LogP) is 3.03. The first-order valence-electron chi connectivity index (χ1n) is 7.81. The van der Waals surface area contributed by atoms with Crippen LogP contribution in [-0.2, 0) is 16.0 Å². The highest BCUT2D eigenvalue weighted by Crippen LogP contribution is 2.25. The second-order valence-electron chi connectivity index (χ2n) is 5.31. The second kappa shape index (κ2) is 9.24. The highest BCUT2D eigenvalue weighted by Gasteiger charge is 2.17. The number of rotatable bonds is 8. The first-order chi connectivity index (χ1) is 12.8. The van der Waals surface area contributed by atoms with Crippen LogP contribution in [0, 0.1) is 10.1 Å². The number of ether oxygens (including phenoxy) is 1. The Labute approximate surface area is 163 Å². The summed E-state index contributed by atoms with van der Waals surface area (Å²) in [6, 6.07) is 7.04. The van der Waals surface area contributed by atoms with Crippen molar-refractivity contribution in [3.8, 4) is 0 Å². The van der Waals surface area contributed by atoms with Crippen LogP contribution in [0.5, 0.6) is 0 Å². The maximum atomic E-state index is 12.0. The lowest BCUT2D eigenvalue weighted by Crippen LogP contribution is -2.31. The van der Waals surface area contributed by atoms with E-state index < -0.39 is 35.6 Å². The zero-order chi connectivity index (χ0) is 20.0. The number of thiophene rings is 1. The molecule has 8 nitrogen and oxygen atoms in total. The van der Waals surface area contributed by atoms with Crippen molar-refractivity contribution in [2.24, 2.45) is 0 Å². The fraction of sp³-hybridized carbons (Fsp3) is 0.235. The molecule has 1 aromatic heterocycles. The lowest BCUT2D eigenvalue weighted by Gasteiger charge is -2.06. The van der Waals surface area contributed by atoms with Crippen molar-refractivity contribution in [3.05, 3.63) is 60.8 Å². The van der Waals surface area contributed by atoms with Gasteiger partial charge in [-0.15, -0.1) is 11.3 Å². The minimum atomic E-state index is -0.799. The summed E-state index contributed by atoms with van der Waals surface area (Å²) in [5, 5.41) is 13.0. The molecular weight excluding hydrogens is 396 g/mol. The molecule has 1 aromatic carbocycles. The normalized spacial score (nSPS) is 10.3. The van der Waals surface area contributed by atoms with Gasteiger partial charge in [-0.3, -0.25) is 24.5 Å². The number of nitro groups is 1. The quantitative estimate of drug-likeness (QED) is 0.309. The maximum Gasteiger partial charge on any atom is 0.325 e. The van der Waals surface area contributed by atoms with Crippen LogP contribution in [0.3, 0.4) is 0 Å². The van der Waals surface area contributed by atoms with Crippen LogP contribution in [-0.4, -0.2) is 35.7 Å². The average molecular weight is 411 g/mol. The van der Waals surface area contributed by atoms with Crippen molar-refractivity contribution in [1.82, 2.24) is 5.32 Å². The fourth-order valence-electron chi connectivity index (χ4n) is 2.03. The van der Waals surface area contributed by atoms with E-state index in [1.54, 1.807) is 6.07 Å². The number of carbonyl (C=O) groups excluding carboxylic acids is 3. The van der Waals surface area contributed by atoms with Crippen molar-refractivity contribution in [2.45, 2.75) is 13.3 Å². The number of amides is 1. The Balaban J connectivity index is 1.84. The first kappa shape index (κ1) is 20.5. The highest BCUT2D eigenvalue weighted by molar-refractivity contribution is 7.14. The molecule has 0 saturated carbocycles. The number of hydrogen-bond donors (Lipinski definition) is 1. The predicted molar refractivity (Wildman–Crippen MR) is 99.4 cm³/mol.